The minimum atomic E-state index is -1.62. The molecule has 90 valence electrons. The summed E-state index contributed by atoms with van der Waals surface area (Å²) in [6.07, 6.45) is 0. The highest BCUT2D eigenvalue weighted by molar-refractivity contribution is 5.36. The van der Waals surface area contributed by atoms with Crippen molar-refractivity contribution in [3.05, 3.63) is 28.8 Å². The maximum atomic E-state index is 13.3. The van der Waals surface area contributed by atoms with E-state index in [9.17, 15) is 17.6 Å². The van der Waals surface area contributed by atoms with E-state index in [-0.39, 0.29) is 6.54 Å². The van der Waals surface area contributed by atoms with Crippen LogP contribution in [0.2, 0.25) is 0 Å². The Labute approximate surface area is 89.0 Å². The van der Waals surface area contributed by atoms with Crippen LogP contribution in [0.5, 0.6) is 5.75 Å². The van der Waals surface area contributed by atoms with Crippen molar-refractivity contribution < 1.29 is 22.3 Å². The van der Waals surface area contributed by atoms with Gasteiger partial charge < -0.3 is 16.2 Å². The summed E-state index contributed by atoms with van der Waals surface area (Å²) < 4.78 is 57.3. The Morgan fingerprint density at radius 2 is 1.50 bits per heavy atom. The van der Waals surface area contributed by atoms with Crippen molar-refractivity contribution in [2.75, 3.05) is 13.7 Å². The fourth-order valence-corrected chi connectivity index (χ4v) is 1.25. The molecule has 0 spiro atoms. The van der Waals surface area contributed by atoms with Gasteiger partial charge in [-0.3, -0.25) is 0 Å². The summed E-state index contributed by atoms with van der Waals surface area (Å²) in [5, 5.41) is 0. The summed E-state index contributed by atoms with van der Waals surface area (Å²) in [7, 11) is 0.892. The van der Waals surface area contributed by atoms with Crippen molar-refractivity contribution in [2.45, 2.75) is 6.04 Å². The summed E-state index contributed by atoms with van der Waals surface area (Å²) in [6.45, 7) is -0.348. The molecule has 1 aromatic rings. The van der Waals surface area contributed by atoms with Crippen LogP contribution in [-0.4, -0.2) is 13.7 Å². The van der Waals surface area contributed by atoms with Crippen molar-refractivity contribution in [2.24, 2.45) is 11.5 Å². The van der Waals surface area contributed by atoms with Gasteiger partial charge in [0.15, 0.2) is 17.4 Å². The maximum absolute atomic E-state index is 13.3. The molecule has 7 heteroatoms. The van der Waals surface area contributed by atoms with Crippen LogP contribution in [0.25, 0.3) is 0 Å². The summed E-state index contributed by atoms with van der Waals surface area (Å²) >= 11 is 0. The van der Waals surface area contributed by atoms with Gasteiger partial charge in [0.2, 0.25) is 11.6 Å². The smallest absolute Gasteiger partial charge is 0.204 e. The Morgan fingerprint density at radius 3 is 1.81 bits per heavy atom. The lowest BCUT2D eigenvalue weighted by atomic mass is 10.1. The van der Waals surface area contributed by atoms with Crippen molar-refractivity contribution >= 4 is 0 Å². The predicted molar refractivity (Wildman–Crippen MR) is 48.8 cm³/mol. The van der Waals surface area contributed by atoms with E-state index in [1.54, 1.807) is 0 Å². The Hall–Kier alpha value is -1.34. The van der Waals surface area contributed by atoms with Crippen molar-refractivity contribution in [1.82, 2.24) is 0 Å². The first kappa shape index (κ1) is 12.7. The van der Waals surface area contributed by atoms with Crippen molar-refractivity contribution in [3.8, 4) is 5.75 Å². The minimum Gasteiger partial charge on any atom is -0.491 e. The molecular weight excluding hydrogens is 228 g/mol. The van der Waals surface area contributed by atoms with Gasteiger partial charge in [-0.25, -0.2) is 8.78 Å². The molecule has 0 aliphatic rings. The SMILES string of the molecule is COc1c(F)c(F)c([C@@H](N)CN)c(F)c1F. The quantitative estimate of drug-likeness (QED) is 0.614. The van der Waals surface area contributed by atoms with Gasteiger partial charge in [-0.2, -0.15) is 8.78 Å². The van der Waals surface area contributed by atoms with E-state index in [1.807, 2.05) is 0 Å². The zero-order valence-corrected chi connectivity index (χ0v) is 8.36. The monoisotopic (exact) mass is 238 g/mol. The van der Waals surface area contributed by atoms with Crippen LogP contribution in [0.15, 0.2) is 0 Å². The van der Waals surface area contributed by atoms with E-state index in [0.29, 0.717) is 0 Å². The van der Waals surface area contributed by atoms with E-state index in [0.717, 1.165) is 7.11 Å². The second-order valence-corrected chi connectivity index (χ2v) is 3.05. The number of methoxy groups -OCH3 is 1. The van der Waals surface area contributed by atoms with Gasteiger partial charge in [0.05, 0.1) is 7.11 Å². The van der Waals surface area contributed by atoms with Crippen molar-refractivity contribution in [3.63, 3.8) is 0 Å². The fraction of sp³-hybridized carbons (Fsp3) is 0.333. The zero-order chi connectivity index (χ0) is 12.5. The molecule has 16 heavy (non-hydrogen) atoms. The normalized spacial score (nSPS) is 12.7. The summed E-state index contributed by atoms with van der Waals surface area (Å²) in [4.78, 5) is 0. The molecule has 0 fully saturated rings. The molecule has 0 saturated carbocycles. The molecule has 1 rings (SSSR count). The topological polar surface area (TPSA) is 61.3 Å². The van der Waals surface area contributed by atoms with Crippen LogP contribution in [-0.2, 0) is 0 Å². The summed E-state index contributed by atoms with van der Waals surface area (Å²) in [5.41, 5.74) is 9.41. The lowest BCUT2D eigenvalue weighted by molar-refractivity contribution is 0.326. The molecule has 4 N–H and O–H groups in total. The molecule has 0 saturated heterocycles. The third kappa shape index (κ3) is 1.83. The van der Waals surface area contributed by atoms with Gasteiger partial charge >= 0.3 is 0 Å². The Morgan fingerprint density at radius 1 is 1.06 bits per heavy atom. The number of halogens is 4. The Bertz CT molecular complexity index is 382. The number of ether oxygens (including phenoxy) is 1. The first-order valence-electron chi connectivity index (χ1n) is 4.31. The van der Waals surface area contributed by atoms with Gasteiger partial charge in [0.25, 0.3) is 0 Å². The summed E-state index contributed by atoms with van der Waals surface area (Å²) in [5.74, 6) is -7.55. The number of benzene rings is 1. The van der Waals surface area contributed by atoms with E-state index in [4.69, 9.17) is 11.5 Å². The molecule has 0 aromatic heterocycles. The van der Waals surface area contributed by atoms with Gasteiger partial charge in [-0.05, 0) is 0 Å². The maximum Gasteiger partial charge on any atom is 0.204 e. The minimum absolute atomic E-state index is 0.348. The fourth-order valence-electron chi connectivity index (χ4n) is 1.25. The third-order valence-electron chi connectivity index (χ3n) is 2.09. The highest BCUT2D eigenvalue weighted by Crippen LogP contribution is 2.31. The van der Waals surface area contributed by atoms with E-state index in [1.165, 1.54) is 0 Å². The van der Waals surface area contributed by atoms with Gasteiger partial charge in [-0.15, -0.1) is 0 Å². The van der Waals surface area contributed by atoms with Crippen LogP contribution in [0.1, 0.15) is 11.6 Å². The lowest BCUT2D eigenvalue weighted by Crippen LogP contribution is -2.24. The number of nitrogens with two attached hydrogens (primary N) is 2. The Balaban J connectivity index is 3.53. The molecular formula is C9H10F4N2O. The first-order valence-corrected chi connectivity index (χ1v) is 4.31. The highest BCUT2D eigenvalue weighted by atomic mass is 19.2. The number of hydrogen-bond acceptors (Lipinski definition) is 3. The standard InChI is InChI=1S/C9H10F4N2O/c1-16-9-7(12)5(10)4(3(15)2-14)6(11)8(9)13/h3H,2,14-15H2,1H3/t3-/m0/s1. The van der Waals surface area contributed by atoms with Crippen molar-refractivity contribution in [1.29, 1.82) is 0 Å². The predicted octanol–water partition coefficient (Wildman–Crippen LogP) is 1.21. The molecule has 0 unspecified atom stereocenters. The molecule has 0 bridgehead atoms. The van der Waals surface area contributed by atoms with Gasteiger partial charge in [-0.1, -0.05) is 0 Å². The molecule has 3 nitrogen and oxygen atoms in total. The largest absolute Gasteiger partial charge is 0.491 e. The summed E-state index contributed by atoms with van der Waals surface area (Å²) in [6, 6.07) is -1.32. The van der Waals surface area contributed by atoms with E-state index < -0.39 is 40.6 Å². The van der Waals surface area contributed by atoms with Gasteiger partial charge in [0, 0.05) is 18.2 Å². The van der Waals surface area contributed by atoms with Crippen LogP contribution in [0.3, 0.4) is 0 Å². The number of hydrogen-bond donors (Lipinski definition) is 2. The average molecular weight is 238 g/mol. The number of rotatable bonds is 3. The van der Waals surface area contributed by atoms with E-state index >= 15 is 0 Å². The first-order chi connectivity index (χ1) is 7.45. The highest BCUT2D eigenvalue weighted by Gasteiger charge is 2.28. The van der Waals surface area contributed by atoms with Gasteiger partial charge in [0.1, 0.15) is 0 Å². The Kier molecular flexibility index (Phi) is 3.71. The zero-order valence-electron chi connectivity index (χ0n) is 8.36. The second kappa shape index (κ2) is 4.67. The van der Waals surface area contributed by atoms with Crippen LogP contribution in [0.4, 0.5) is 17.6 Å². The molecule has 0 amide bonds. The molecule has 1 aromatic carbocycles. The molecule has 0 radical (unpaired) electrons. The molecule has 0 aliphatic heterocycles. The van der Waals surface area contributed by atoms with Crippen LogP contribution < -0.4 is 16.2 Å². The third-order valence-corrected chi connectivity index (χ3v) is 2.09. The van der Waals surface area contributed by atoms with Crippen LogP contribution in [0, 0.1) is 23.3 Å². The molecule has 1 atom stereocenters. The van der Waals surface area contributed by atoms with Crippen LogP contribution >= 0.6 is 0 Å². The molecule has 0 heterocycles. The molecule has 0 aliphatic carbocycles. The van der Waals surface area contributed by atoms with E-state index in [2.05, 4.69) is 4.74 Å². The lowest BCUT2D eigenvalue weighted by Gasteiger charge is -2.14. The average Bonchev–Trinajstić information content (AvgIpc) is 2.27. The second-order valence-electron chi connectivity index (χ2n) is 3.05.